The van der Waals surface area contributed by atoms with Gasteiger partial charge >= 0.3 is 0 Å². The molecule has 5 heterocycles. The Bertz CT molecular complexity index is 1370. The van der Waals surface area contributed by atoms with Gasteiger partial charge in [0.15, 0.2) is 0 Å². The zero-order valence-corrected chi connectivity index (χ0v) is 18.6. The van der Waals surface area contributed by atoms with Crippen molar-refractivity contribution in [3.05, 3.63) is 96.8 Å². The third kappa shape index (κ3) is 3.83. The van der Waals surface area contributed by atoms with Crippen molar-refractivity contribution < 1.29 is 0 Å². The number of thioether (sulfide) groups is 2. The molecule has 6 aromatic rings. The number of hydrogen-bond acceptors (Lipinski definition) is 6. The molecule has 0 aliphatic heterocycles. The summed E-state index contributed by atoms with van der Waals surface area (Å²) in [7, 11) is 0. The van der Waals surface area contributed by atoms with E-state index < -0.39 is 0 Å². The van der Waals surface area contributed by atoms with E-state index in [0.717, 1.165) is 55.3 Å². The second-order valence-electron chi connectivity index (χ2n) is 7.30. The lowest BCUT2D eigenvalue weighted by Crippen LogP contribution is -1.94. The molecule has 0 spiro atoms. The zero-order chi connectivity index (χ0) is 21.3. The van der Waals surface area contributed by atoms with Gasteiger partial charge in [-0.2, -0.15) is 0 Å². The molecule has 156 valence electrons. The predicted molar refractivity (Wildman–Crippen MR) is 129 cm³/mol. The number of fused-ring (bicyclic) bond motifs is 3. The second kappa shape index (κ2) is 8.29. The Morgan fingerprint density at radius 1 is 0.562 bits per heavy atom. The molecule has 0 unspecified atom stereocenters. The lowest BCUT2D eigenvalue weighted by atomic mass is 10.3. The fourth-order valence-corrected chi connectivity index (χ4v) is 5.42. The number of pyridine rings is 2. The first-order valence-corrected chi connectivity index (χ1v) is 12.2. The van der Waals surface area contributed by atoms with Crippen molar-refractivity contribution in [3.63, 3.8) is 0 Å². The first-order chi connectivity index (χ1) is 15.8. The van der Waals surface area contributed by atoms with Crippen molar-refractivity contribution in [1.29, 1.82) is 0 Å². The molecule has 8 heteroatoms. The highest BCUT2D eigenvalue weighted by Crippen LogP contribution is 2.33. The van der Waals surface area contributed by atoms with Crippen molar-refractivity contribution in [2.24, 2.45) is 0 Å². The van der Waals surface area contributed by atoms with E-state index in [1.165, 1.54) is 0 Å². The summed E-state index contributed by atoms with van der Waals surface area (Å²) in [5.74, 6) is 1.47. The van der Waals surface area contributed by atoms with Crippen molar-refractivity contribution in [2.45, 2.75) is 21.6 Å². The molecule has 0 amide bonds. The van der Waals surface area contributed by atoms with Crippen LogP contribution in [0.1, 0.15) is 11.4 Å². The van der Waals surface area contributed by atoms with E-state index in [1.807, 2.05) is 81.9 Å². The Morgan fingerprint density at radius 2 is 1.03 bits per heavy atom. The minimum Gasteiger partial charge on any atom is -0.307 e. The van der Waals surface area contributed by atoms with E-state index in [1.54, 1.807) is 23.5 Å². The van der Waals surface area contributed by atoms with Gasteiger partial charge in [-0.05, 0) is 36.4 Å². The fraction of sp³-hybridized carbons (Fsp3) is 0.0833. The lowest BCUT2D eigenvalue weighted by molar-refractivity contribution is 0.965. The monoisotopic (exact) mass is 454 g/mol. The van der Waals surface area contributed by atoms with Crippen LogP contribution in [0.3, 0.4) is 0 Å². The first kappa shape index (κ1) is 19.3. The van der Waals surface area contributed by atoms with E-state index in [-0.39, 0.29) is 0 Å². The molecule has 0 bridgehead atoms. The maximum atomic E-state index is 4.92. The van der Waals surface area contributed by atoms with Crippen molar-refractivity contribution in [3.8, 4) is 0 Å². The Balaban J connectivity index is 1.28. The van der Waals surface area contributed by atoms with Crippen LogP contribution in [0.25, 0.3) is 22.3 Å². The van der Waals surface area contributed by atoms with Gasteiger partial charge in [-0.15, -0.1) is 0 Å². The standard InChI is InChI=1S/C24H18N6S2/c1-2-8-20-19(7-1)27-23(31-15-17-13-29-11-5-3-9-21(29)25-17)24(28-20)32-16-18-14-30-12-6-4-10-22(30)26-18/h1-14H,15-16H2. The van der Waals surface area contributed by atoms with E-state index >= 15 is 0 Å². The average molecular weight is 455 g/mol. The summed E-state index contributed by atoms with van der Waals surface area (Å²) in [6, 6.07) is 20.1. The first-order valence-electron chi connectivity index (χ1n) is 10.2. The van der Waals surface area contributed by atoms with Gasteiger partial charge < -0.3 is 8.80 Å². The fourth-order valence-electron chi connectivity index (χ4n) is 3.55. The van der Waals surface area contributed by atoms with Crippen LogP contribution in [0.4, 0.5) is 0 Å². The molecule has 0 saturated heterocycles. The van der Waals surface area contributed by atoms with Gasteiger partial charge in [0.2, 0.25) is 0 Å². The molecule has 0 aliphatic rings. The Hall–Kier alpha value is -3.36. The Kier molecular flexibility index (Phi) is 5.01. The molecule has 0 fully saturated rings. The van der Waals surface area contributed by atoms with Crippen LogP contribution in [0.15, 0.2) is 95.5 Å². The van der Waals surface area contributed by atoms with E-state index in [9.17, 15) is 0 Å². The Morgan fingerprint density at radius 3 is 1.50 bits per heavy atom. The third-order valence-electron chi connectivity index (χ3n) is 5.05. The molecule has 0 saturated carbocycles. The predicted octanol–water partition coefficient (Wildman–Crippen LogP) is 5.51. The van der Waals surface area contributed by atoms with Crippen LogP contribution in [0.2, 0.25) is 0 Å². The van der Waals surface area contributed by atoms with Crippen LogP contribution in [-0.2, 0) is 11.5 Å². The summed E-state index contributed by atoms with van der Waals surface area (Å²) in [5, 5.41) is 1.85. The number of nitrogens with zero attached hydrogens (tertiary/aromatic N) is 6. The lowest BCUT2D eigenvalue weighted by Gasteiger charge is -2.08. The van der Waals surface area contributed by atoms with Crippen LogP contribution in [0, 0.1) is 0 Å². The van der Waals surface area contributed by atoms with Crippen molar-refractivity contribution >= 4 is 45.9 Å². The molecule has 0 N–H and O–H groups in total. The van der Waals surface area contributed by atoms with E-state index in [2.05, 4.69) is 12.4 Å². The van der Waals surface area contributed by atoms with Gasteiger partial charge in [0.25, 0.3) is 0 Å². The third-order valence-corrected chi connectivity index (χ3v) is 7.18. The summed E-state index contributed by atoms with van der Waals surface area (Å²) in [6.45, 7) is 0. The minimum absolute atomic E-state index is 0.733. The molecular weight excluding hydrogens is 436 g/mol. The maximum absolute atomic E-state index is 4.92. The van der Waals surface area contributed by atoms with Gasteiger partial charge in [-0.25, -0.2) is 19.9 Å². The quantitative estimate of drug-likeness (QED) is 0.309. The highest BCUT2D eigenvalue weighted by molar-refractivity contribution is 8.01. The largest absolute Gasteiger partial charge is 0.307 e. The normalized spacial score (nSPS) is 11.6. The van der Waals surface area contributed by atoms with Gasteiger partial charge in [0, 0.05) is 36.3 Å². The SMILES string of the molecule is c1ccc2nc(SCc3cn4ccccc4n3)c(SCc3cn4ccccc4n3)nc2c1. The minimum atomic E-state index is 0.733. The highest BCUT2D eigenvalue weighted by atomic mass is 32.2. The highest BCUT2D eigenvalue weighted by Gasteiger charge is 2.13. The number of benzene rings is 1. The molecule has 0 radical (unpaired) electrons. The van der Waals surface area contributed by atoms with Gasteiger partial charge in [0.1, 0.15) is 21.3 Å². The number of imidazole rings is 2. The summed E-state index contributed by atoms with van der Waals surface area (Å²) in [4.78, 5) is 19.3. The Labute approximate surface area is 192 Å². The van der Waals surface area contributed by atoms with Crippen molar-refractivity contribution in [1.82, 2.24) is 28.7 Å². The molecule has 5 aromatic heterocycles. The van der Waals surface area contributed by atoms with Crippen LogP contribution in [0.5, 0.6) is 0 Å². The van der Waals surface area contributed by atoms with Crippen LogP contribution >= 0.6 is 23.5 Å². The number of rotatable bonds is 6. The summed E-state index contributed by atoms with van der Waals surface area (Å²) in [5.41, 5.74) is 5.76. The maximum Gasteiger partial charge on any atom is 0.137 e. The van der Waals surface area contributed by atoms with Gasteiger partial charge in [-0.1, -0.05) is 47.8 Å². The topological polar surface area (TPSA) is 60.4 Å². The summed E-state index contributed by atoms with van der Waals surface area (Å²) < 4.78 is 4.09. The smallest absolute Gasteiger partial charge is 0.137 e. The molecule has 6 nitrogen and oxygen atoms in total. The summed E-state index contributed by atoms with van der Waals surface area (Å²) in [6.07, 6.45) is 8.17. The number of aromatic nitrogens is 6. The molecule has 6 rings (SSSR count). The molecule has 1 aromatic carbocycles. The second-order valence-corrected chi connectivity index (χ2v) is 9.22. The van der Waals surface area contributed by atoms with Crippen LogP contribution < -0.4 is 0 Å². The van der Waals surface area contributed by atoms with E-state index in [0.29, 0.717) is 0 Å². The molecule has 0 atom stereocenters. The molecule has 32 heavy (non-hydrogen) atoms. The zero-order valence-electron chi connectivity index (χ0n) is 17.0. The average Bonchev–Trinajstić information content (AvgIpc) is 3.44. The number of hydrogen-bond donors (Lipinski definition) is 0. The van der Waals surface area contributed by atoms with Crippen LogP contribution in [-0.4, -0.2) is 28.7 Å². The molecule has 0 aliphatic carbocycles. The molecular formula is C24H18N6S2. The van der Waals surface area contributed by atoms with E-state index in [4.69, 9.17) is 19.9 Å². The van der Waals surface area contributed by atoms with Gasteiger partial charge in [-0.3, -0.25) is 0 Å². The number of para-hydroxylation sites is 2. The van der Waals surface area contributed by atoms with Gasteiger partial charge in [0.05, 0.1) is 22.4 Å². The van der Waals surface area contributed by atoms with Crippen molar-refractivity contribution in [2.75, 3.05) is 0 Å². The summed E-state index contributed by atoms with van der Waals surface area (Å²) >= 11 is 3.35.